The van der Waals surface area contributed by atoms with Crippen molar-refractivity contribution >= 4 is 41.1 Å². The molecule has 2 aromatic carbocycles. The molecule has 0 bridgehead atoms. The minimum Gasteiger partial charge on any atom is -0.497 e. The number of nitrogens with one attached hydrogen (secondary N) is 2. The van der Waals surface area contributed by atoms with Crippen LogP contribution in [0.5, 0.6) is 5.75 Å². The largest absolute Gasteiger partial charge is 0.497 e. The molecule has 1 aromatic heterocycles. The molecular formula is C23H22ClN5O4. The Kier molecular flexibility index (Phi) is 6.60. The van der Waals surface area contributed by atoms with E-state index in [4.69, 9.17) is 21.4 Å². The van der Waals surface area contributed by atoms with Crippen LogP contribution in [0.1, 0.15) is 36.4 Å². The molecule has 1 amide bonds. The van der Waals surface area contributed by atoms with Gasteiger partial charge in [-0.2, -0.15) is 4.98 Å². The van der Waals surface area contributed by atoms with Crippen LogP contribution in [0, 0.1) is 0 Å². The lowest BCUT2D eigenvalue weighted by molar-refractivity contribution is -0.137. The van der Waals surface area contributed by atoms with Crippen molar-refractivity contribution in [1.29, 1.82) is 0 Å². The number of carbonyl (C=O) groups excluding carboxylic acids is 1. The highest BCUT2D eigenvalue weighted by Gasteiger charge is 2.26. The molecule has 0 fully saturated rings. The number of halogens is 1. The second-order valence-electron chi connectivity index (χ2n) is 7.43. The highest BCUT2D eigenvalue weighted by atomic mass is 35.5. The topological polar surface area (TPSA) is 118 Å². The molecule has 0 spiro atoms. The number of anilines is 2. The number of carboxylic acid groups (broad SMARTS) is 1. The summed E-state index contributed by atoms with van der Waals surface area (Å²) < 4.78 is 6.95. The van der Waals surface area contributed by atoms with Gasteiger partial charge >= 0.3 is 5.97 Å². The summed E-state index contributed by atoms with van der Waals surface area (Å²) in [4.78, 5) is 27.3. The minimum atomic E-state index is -0.939. The van der Waals surface area contributed by atoms with Crippen molar-refractivity contribution in [3.8, 4) is 5.75 Å². The zero-order valence-electron chi connectivity index (χ0n) is 17.8. The summed E-state index contributed by atoms with van der Waals surface area (Å²) in [6, 6.07) is 14.8. The molecule has 10 heteroatoms. The number of aliphatic carboxylic acids is 1. The summed E-state index contributed by atoms with van der Waals surface area (Å²) in [6.45, 7) is 0. The van der Waals surface area contributed by atoms with Gasteiger partial charge in [-0.05, 0) is 47.9 Å². The highest BCUT2D eigenvalue weighted by Crippen LogP contribution is 2.34. The van der Waals surface area contributed by atoms with Crippen LogP contribution in [0.2, 0.25) is 5.02 Å². The number of aromatic nitrogens is 3. The molecule has 3 aromatic rings. The Morgan fingerprint density at radius 1 is 1.15 bits per heavy atom. The number of carbonyl (C=O) groups is 2. The van der Waals surface area contributed by atoms with E-state index in [2.05, 4.69) is 20.7 Å². The van der Waals surface area contributed by atoms with Crippen molar-refractivity contribution < 1.29 is 19.4 Å². The SMILES string of the molecule is COc1ccc([C@@H]2C=C(c3ccc(Cl)cc3)Nc3nc(NC(=O)CCCC(=O)O)nn32)cc1. The second-order valence-corrected chi connectivity index (χ2v) is 7.87. The number of amides is 1. The van der Waals surface area contributed by atoms with E-state index in [-0.39, 0.29) is 37.2 Å². The average Bonchev–Trinajstić information content (AvgIpc) is 3.21. The first-order valence-electron chi connectivity index (χ1n) is 10.3. The van der Waals surface area contributed by atoms with Crippen molar-refractivity contribution in [3.05, 3.63) is 70.8 Å². The molecule has 9 nitrogen and oxygen atoms in total. The summed E-state index contributed by atoms with van der Waals surface area (Å²) in [5.41, 5.74) is 2.70. The lowest BCUT2D eigenvalue weighted by Gasteiger charge is -2.24. The quantitative estimate of drug-likeness (QED) is 0.454. The Bertz CT molecular complexity index is 1190. The third-order valence-corrected chi connectivity index (χ3v) is 5.38. The molecule has 2 heterocycles. The van der Waals surface area contributed by atoms with Gasteiger partial charge in [0.05, 0.1) is 7.11 Å². The average molecular weight is 468 g/mol. The summed E-state index contributed by atoms with van der Waals surface area (Å²) in [5.74, 6) is 0.0608. The van der Waals surface area contributed by atoms with Gasteiger partial charge in [0.25, 0.3) is 5.95 Å². The van der Waals surface area contributed by atoms with Crippen molar-refractivity contribution in [2.75, 3.05) is 17.7 Å². The maximum absolute atomic E-state index is 12.2. The fraction of sp³-hybridized carbons (Fsp3) is 0.217. The highest BCUT2D eigenvalue weighted by molar-refractivity contribution is 6.30. The number of fused-ring (bicyclic) bond motifs is 1. The first-order chi connectivity index (χ1) is 15.9. The van der Waals surface area contributed by atoms with E-state index in [1.54, 1.807) is 11.8 Å². The molecule has 1 atom stereocenters. The van der Waals surface area contributed by atoms with Crippen LogP contribution < -0.4 is 15.4 Å². The van der Waals surface area contributed by atoms with Crippen molar-refractivity contribution in [2.24, 2.45) is 0 Å². The predicted octanol–water partition coefficient (Wildman–Crippen LogP) is 4.19. The van der Waals surface area contributed by atoms with Crippen molar-refractivity contribution in [3.63, 3.8) is 0 Å². The minimum absolute atomic E-state index is 0.0692. The molecule has 33 heavy (non-hydrogen) atoms. The molecule has 0 radical (unpaired) electrons. The summed E-state index contributed by atoms with van der Waals surface area (Å²) in [5, 5.41) is 19.8. The summed E-state index contributed by atoms with van der Waals surface area (Å²) in [6.07, 6.45) is 2.25. The number of hydrogen-bond donors (Lipinski definition) is 3. The van der Waals surface area contributed by atoms with E-state index >= 15 is 0 Å². The molecule has 3 N–H and O–H groups in total. The van der Waals surface area contributed by atoms with Crippen LogP contribution in [0.25, 0.3) is 5.70 Å². The van der Waals surface area contributed by atoms with Gasteiger partial charge in [0.15, 0.2) is 0 Å². The van der Waals surface area contributed by atoms with Crippen LogP contribution in [-0.2, 0) is 9.59 Å². The van der Waals surface area contributed by atoms with Gasteiger partial charge in [0.2, 0.25) is 11.9 Å². The predicted molar refractivity (Wildman–Crippen MR) is 124 cm³/mol. The van der Waals surface area contributed by atoms with E-state index in [0.29, 0.717) is 11.0 Å². The number of benzene rings is 2. The molecule has 170 valence electrons. The number of allylic oxidation sites excluding steroid dienone is 1. The van der Waals surface area contributed by atoms with Crippen LogP contribution >= 0.6 is 11.6 Å². The molecule has 0 saturated carbocycles. The number of ether oxygens (including phenoxy) is 1. The van der Waals surface area contributed by atoms with Gasteiger partial charge in [-0.25, -0.2) is 4.68 Å². The molecule has 0 unspecified atom stereocenters. The van der Waals surface area contributed by atoms with Gasteiger partial charge in [-0.1, -0.05) is 35.9 Å². The fourth-order valence-electron chi connectivity index (χ4n) is 3.47. The third kappa shape index (κ3) is 5.32. The van der Waals surface area contributed by atoms with E-state index in [9.17, 15) is 9.59 Å². The standard InChI is InChI=1S/C23H22ClN5O4/c1-33-17-11-7-15(8-12-17)19-13-18(14-5-9-16(24)10-6-14)25-23-27-22(28-29(19)23)26-20(30)3-2-4-21(31)32/h5-13,19H,2-4H2,1H3,(H,31,32)(H2,25,26,27,28,30)/t19-/m0/s1. The molecule has 0 aliphatic carbocycles. The maximum Gasteiger partial charge on any atom is 0.303 e. The lowest BCUT2D eigenvalue weighted by Crippen LogP contribution is -2.20. The number of nitrogens with zero attached hydrogens (tertiary/aromatic N) is 3. The van der Waals surface area contributed by atoms with Crippen LogP contribution in [0.15, 0.2) is 54.6 Å². The smallest absolute Gasteiger partial charge is 0.303 e. The van der Waals surface area contributed by atoms with E-state index < -0.39 is 5.97 Å². The van der Waals surface area contributed by atoms with Gasteiger partial charge in [0.1, 0.15) is 11.8 Å². The van der Waals surface area contributed by atoms with Gasteiger partial charge in [0, 0.05) is 23.6 Å². The molecular weight excluding hydrogens is 446 g/mol. The fourth-order valence-corrected chi connectivity index (χ4v) is 3.60. The first-order valence-corrected chi connectivity index (χ1v) is 10.7. The van der Waals surface area contributed by atoms with Crippen LogP contribution in [0.4, 0.5) is 11.9 Å². The molecule has 0 saturated heterocycles. The molecule has 4 rings (SSSR count). The van der Waals surface area contributed by atoms with E-state index in [1.807, 2.05) is 54.6 Å². The summed E-state index contributed by atoms with van der Waals surface area (Å²) in [7, 11) is 1.61. The Labute approximate surface area is 195 Å². The van der Waals surface area contributed by atoms with Crippen molar-refractivity contribution in [2.45, 2.75) is 25.3 Å². The van der Waals surface area contributed by atoms with Gasteiger partial charge < -0.3 is 15.2 Å². The molecule has 1 aliphatic heterocycles. The Morgan fingerprint density at radius 3 is 2.55 bits per heavy atom. The van der Waals surface area contributed by atoms with E-state index in [1.165, 1.54) is 0 Å². The summed E-state index contributed by atoms with van der Waals surface area (Å²) >= 11 is 6.04. The van der Waals surface area contributed by atoms with Gasteiger partial charge in [-0.15, -0.1) is 5.10 Å². The lowest BCUT2D eigenvalue weighted by atomic mass is 10.0. The monoisotopic (exact) mass is 467 g/mol. The van der Waals surface area contributed by atoms with Crippen molar-refractivity contribution in [1.82, 2.24) is 14.8 Å². The zero-order valence-corrected chi connectivity index (χ0v) is 18.5. The zero-order chi connectivity index (χ0) is 23.4. The Balaban J connectivity index is 1.62. The second kappa shape index (κ2) is 9.74. The molecule has 1 aliphatic rings. The van der Waals surface area contributed by atoms with Gasteiger partial charge in [-0.3, -0.25) is 14.9 Å². The first kappa shape index (κ1) is 22.3. The Morgan fingerprint density at radius 2 is 1.88 bits per heavy atom. The number of hydrogen-bond acceptors (Lipinski definition) is 6. The maximum atomic E-state index is 12.2. The Hall–Kier alpha value is -3.85. The van der Waals surface area contributed by atoms with Crippen LogP contribution in [-0.4, -0.2) is 38.9 Å². The number of carboxylic acids is 1. The third-order valence-electron chi connectivity index (χ3n) is 5.12. The van der Waals surface area contributed by atoms with E-state index in [0.717, 1.165) is 22.6 Å². The van der Waals surface area contributed by atoms with Crippen LogP contribution in [0.3, 0.4) is 0 Å². The number of methoxy groups -OCH3 is 1. The number of rotatable bonds is 8. The normalized spacial score (nSPS) is 14.6.